The summed E-state index contributed by atoms with van der Waals surface area (Å²) in [4.78, 5) is 4.32. The maximum Gasteiger partial charge on any atom is 0.162 e. The third-order valence-corrected chi connectivity index (χ3v) is 3.42. The molecule has 1 aromatic carbocycles. The molecule has 2 aromatic heterocycles. The Morgan fingerprint density at radius 1 is 1.24 bits per heavy atom. The van der Waals surface area contributed by atoms with Crippen LogP contribution in [-0.2, 0) is 13.1 Å². The highest BCUT2D eigenvalue weighted by molar-refractivity contribution is 6.35. The maximum absolute atomic E-state index is 6.22. The minimum Gasteiger partial charge on any atom is -0.380 e. The Morgan fingerprint density at radius 3 is 2.81 bits per heavy atom. The Bertz CT molecular complexity index is 802. The third kappa shape index (κ3) is 2.69. The van der Waals surface area contributed by atoms with Gasteiger partial charge in [0.25, 0.3) is 0 Å². The summed E-state index contributed by atoms with van der Waals surface area (Å²) in [5.74, 6) is 2.55. The molecule has 0 fully saturated rings. The number of terminal acetylenes is 1. The van der Waals surface area contributed by atoms with E-state index in [2.05, 4.69) is 33.5 Å². The molecule has 0 saturated heterocycles. The van der Waals surface area contributed by atoms with Crippen LogP contribution in [0.3, 0.4) is 0 Å². The molecule has 104 valence electrons. The lowest BCUT2D eigenvalue weighted by Gasteiger charge is -2.07. The molecule has 2 heterocycles. The quantitative estimate of drug-likeness (QED) is 0.751. The molecule has 0 amide bonds. The molecule has 0 bridgehead atoms. The summed E-state index contributed by atoms with van der Waals surface area (Å²) in [5, 5.41) is 8.81. The van der Waals surface area contributed by atoms with Gasteiger partial charge in [0.15, 0.2) is 10.8 Å². The Hall–Kier alpha value is -2.51. The van der Waals surface area contributed by atoms with Gasteiger partial charge in [-0.2, -0.15) is 5.10 Å². The molecule has 21 heavy (non-hydrogen) atoms. The summed E-state index contributed by atoms with van der Waals surface area (Å²) in [5.41, 5.74) is 2.78. The van der Waals surface area contributed by atoms with Crippen LogP contribution < -0.4 is 5.32 Å². The van der Waals surface area contributed by atoms with Gasteiger partial charge >= 0.3 is 0 Å². The molecule has 0 atom stereocenters. The van der Waals surface area contributed by atoms with Gasteiger partial charge in [-0.05, 0) is 11.6 Å². The molecule has 0 unspecified atom stereocenters. The van der Waals surface area contributed by atoms with Crippen LogP contribution in [0.5, 0.6) is 0 Å². The van der Waals surface area contributed by atoms with Crippen LogP contribution in [-0.4, -0.2) is 14.8 Å². The summed E-state index contributed by atoms with van der Waals surface area (Å²) in [6.07, 6.45) is 7.06. The van der Waals surface area contributed by atoms with Crippen molar-refractivity contribution in [1.29, 1.82) is 0 Å². The van der Waals surface area contributed by atoms with Crippen LogP contribution >= 0.6 is 11.6 Å². The van der Waals surface area contributed by atoms with Crippen molar-refractivity contribution < 1.29 is 0 Å². The summed E-state index contributed by atoms with van der Waals surface area (Å²) in [6.45, 7) is 1.05. The summed E-state index contributed by atoms with van der Waals surface area (Å²) < 4.78 is 1.63. The van der Waals surface area contributed by atoms with Crippen molar-refractivity contribution in [1.82, 2.24) is 14.8 Å². The molecule has 3 aromatic rings. The first-order valence-electron chi connectivity index (χ1n) is 6.52. The van der Waals surface area contributed by atoms with Crippen molar-refractivity contribution in [3.05, 3.63) is 53.3 Å². The topological polar surface area (TPSA) is 42.7 Å². The second kappa shape index (κ2) is 5.86. The Morgan fingerprint density at radius 2 is 2.05 bits per heavy atom. The monoisotopic (exact) mass is 296 g/mol. The molecular weight excluding hydrogens is 284 g/mol. The van der Waals surface area contributed by atoms with E-state index in [9.17, 15) is 0 Å². The van der Waals surface area contributed by atoms with Crippen LogP contribution in [0.2, 0.25) is 5.15 Å². The fraction of sp³-hybridized carbons (Fsp3) is 0.125. The fourth-order valence-electron chi connectivity index (χ4n) is 2.19. The van der Waals surface area contributed by atoms with E-state index in [4.69, 9.17) is 18.0 Å². The average Bonchev–Trinajstić information content (AvgIpc) is 2.84. The molecule has 0 aliphatic rings. The summed E-state index contributed by atoms with van der Waals surface area (Å²) in [6, 6.07) is 12.0. The second-order valence-corrected chi connectivity index (χ2v) is 4.91. The van der Waals surface area contributed by atoms with Gasteiger partial charge in [0.05, 0.1) is 11.1 Å². The van der Waals surface area contributed by atoms with E-state index >= 15 is 0 Å². The van der Waals surface area contributed by atoms with Gasteiger partial charge < -0.3 is 5.32 Å². The normalized spacial score (nSPS) is 10.5. The molecule has 3 rings (SSSR count). The van der Waals surface area contributed by atoms with E-state index in [-0.39, 0.29) is 0 Å². The number of pyridine rings is 1. The van der Waals surface area contributed by atoms with Gasteiger partial charge in [0.1, 0.15) is 6.54 Å². The number of halogens is 1. The number of fused-ring (bicyclic) bond motifs is 1. The van der Waals surface area contributed by atoms with Gasteiger partial charge in [-0.3, -0.25) is 0 Å². The molecule has 0 saturated carbocycles. The van der Waals surface area contributed by atoms with E-state index in [0.29, 0.717) is 23.9 Å². The number of hydrogen-bond acceptors (Lipinski definition) is 3. The molecular formula is C16H13ClN4. The second-order valence-electron chi connectivity index (χ2n) is 4.55. The molecule has 1 N–H and O–H groups in total. The lowest BCUT2D eigenvalue weighted by Crippen LogP contribution is -2.01. The van der Waals surface area contributed by atoms with Gasteiger partial charge in [0, 0.05) is 12.7 Å². The van der Waals surface area contributed by atoms with Gasteiger partial charge in [0.2, 0.25) is 0 Å². The highest BCUT2D eigenvalue weighted by Crippen LogP contribution is 2.28. The summed E-state index contributed by atoms with van der Waals surface area (Å²) >= 11 is 6.22. The zero-order chi connectivity index (χ0) is 14.7. The van der Waals surface area contributed by atoms with Gasteiger partial charge in [-0.1, -0.05) is 47.9 Å². The highest BCUT2D eigenvalue weighted by atomic mass is 35.5. The van der Waals surface area contributed by atoms with Crippen LogP contribution in [0.15, 0.2) is 42.6 Å². The van der Waals surface area contributed by atoms with Crippen LogP contribution in [0.1, 0.15) is 5.56 Å². The SMILES string of the molecule is C#CCn1nc(Cl)c2c(NCc3ccccc3)ccnc21. The van der Waals surface area contributed by atoms with E-state index < -0.39 is 0 Å². The number of benzene rings is 1. The van der Waals surface area contributed by atoms with E-state index in [1.807, 2.05) is 24.3 Å². The van der Waals surface area contributed by atoms with Gasteiger partial charge in [-0.25, -0.2) is 9.67 Å². The minimum atomic E-state index is 0.346. The van der Waals surface area contributed by atoms with Gasteiger partial charge in [-0.15, -0.1) is 6.42 Å². The van der Waals surface area contributed by atoms with Crippen molar-refractivity contribution >= 4 is 28.3 Å². The van der Waals surface area contributed by atoms with E-state index in [1.165, 1.54) is 5.56 Å². The highest BCUT2D eigenvalue weighted by Gasteiger charge is 2.13. The largest absolute Gasteiger partial charge is 0.380 e. The molecule has 0 spiro atoms. The zero-order valence-electron chi connectivity index (χ0n) is 11.3. The van der Waals surface area contributed by atoms with Crippen molar-refractivity contribution in [2.45, 2.75) is 13.1 Å². The van der Waals surface area contributed by atoms with Crippen LogP contribution in [0.4, 0.5) is 5.69 Å². The molecule has 0 aliphatic heterocycles. The third-order valence-electron chi connectivity index (χ3n) is 3.16. The van der Waals surface area contributed by atoms with E-state index in [0.717, 1.165) is 11.1 Å². The van der Waals surface area contributed by atoms with Crippen molar-refractivity contribution in [2.24, 2.45) is 0 Å². The van der Waals surface area contributed by atoms with Crippen LogP contribution in [0, 0.1) is 12.3 Å². The molecule has 5 heteroatoms. The zero-order valence-corrected chi connectivity index (χ0v) is 12.0. The number of hydrogen-bond donors (Lipinski definition) is 1. The first-order chi connectivity index (χ1) is 10.3. The number of nitrogens with one attached hydrogen (secondary N) is 1. The molecule has 4 nitrogen and oxygen atoms in total. The summed E-state index contributed by atoms with van der Waals surface area (Å²) in [7, 11) is 0. The maximum atomic E-state index is 6.22. The Kier molecular flexibility index (Phi) is 3.76. The molecule has 0 radical (unpaired) electrons. The van der Waals surface area contributed by atoms with Crippen molar-refractivity contribution in [2.75, 3.05) is 5.32 Å². The predicted octanol–water partition coefficient (Wildman–Crippen LogP) is 3.33. The number of aromatic nitrogens is 3. The lowest BCUT2D eigenvalue weighted by atomic mass is 10.2. The minimum absolute atomic E-state index is 0.346. The number of rotatable bonds is 4. The van der Waals surface area contributed by atoms with Crippen molar-refractivity contribution in [3.8, 4) is 12.3 Å². The van der Waals surface area contributed by atoms with E-state index in [1.54, 1.807) is 10.9 Å². The first-order valence-corrected chi connectivity index (χ1v) is 6.89. The smallest absolute Gasteiger partial charge is 0.162 e. The number of nitrogens with zero attached hydrogens (tertiary/aromatic N) is 3. The number of anilines is 1. The fourth-order valence-corrected chi connectivity index (χ4v) is 2.47. The van der Waals surface area contributed by atoms with Crippen molar-refractivity contribution in [3.63, 3.8) is 0 Å². The molecule has 0 aliphatic carbocycles. The Labute approximate surface area is 127 Å². The Balaban J connectivity index is 1.94. The average molecular weight is 297 g/mol. The first kappa shape index (κ1) is 13.5. The standard InChI is InChI=1S/C16H13ClN4/c1-2-10-21-16-14(15(17)20-21)13(8-9-18-16)19-11-12-6-4-3-5-7-12/h1,3-9H,10-11H2,(H,18,19). The lowest BCUT2D eigenvalue weighted by molar-refractivity contribution is 0.734. The van der Waals surface area contributed by atoms with Crippen LogP contribution in [0.25, 0.3) is 11.0 Å². The predicted molar refractivity (Wildman–Crippen MR) is 85.1 cm³/mol.